The Kier molecular flexibility index (Phi) is 12.0. The van der Waals surface area contributed by atoms with Crippen molar-refractivity contribution in [1.29, 1.82) is 0 Å². The lowest BCUT2D eigenvalue weighted by Gasteiger charge is -2.14. The van der Waals surface area contributed by atoms with Crippen molar-refractivity contribution in [2.45, 2.75) is 46.0 Å². The molecule has 0 saturated carbocycles. The number of rotatable bonds is 11. The van der Waals surface area contributed by atoms with Crippen molar-refractivity contribution in [3.8, 4) is 0 Å². The molecule has 0 spiro atoms. The van der Waals surface area contributed by atoms with Crippen molar-refractivity contribution in [3.63, 3.8) is 0 Å². The van der Waals surface area contributed by atoms with Gasteiger partial charge in [0.2, 0.25) is 0 Å². The predicted octanol–water partition coefficient (Wildman–Crippen LogP) is 3.21. The first-order valence-electron chi connectivity index (χ1n) is 5.99. The molecule has 1 unspecified atom stereocenters. The van der Waals surface area contributed by atoms with E-state index in [4.69, 9.17) is 9.99 Å². The third-order valence-corrected chi connectivity index (χ3v) is 3.02. The standard InChI is InChI=1S/C11H22O5S/c1-3-5-6-10(4-2)9-14-11(12)7-8-17-16-15-13/h10,13H,3-9H2,1-2H3. The molecule has 0 fully saturated rings. The summed E-state index contributed by atoms with van der Waals surface area (Å²) in [5.74, 6) is 0.614. The van der Waals surface area contributed by atoms with Crippen LogP contribution in [0.25, 0.3) is 0 Å². The van der Waals surface area contributed by atoms with E-state index in [-0.39, 0.29) is 12.4 Å². The van der Waals surface area contributed by atoms with E-state index in [1.807, 2.05) is 0 Å². The molecule has 0 aliphatic carbocycles. The number of carbonyl (C=O) groups is 1. The third kappa shape index (κ3) is 10.6. The maximum atomic E-state index is 11.3. The zero-order valence-corrected chi connectivity index (χ0v) is 11.3. The van der Waals surface area contributed by atoms with Crippen LogP contribution in [0.4, 0.5) is 0 Å². The van der Waals surface area contributed by atoms with E-state index in [0.29, 0.717) is 18.3 Å². The van der Waals surface area contributed by atoms with Crippen molar-refractivity contribution in [2.75, 3.05) is 12.4 Å². The molecule has 5 nitrogen and oxygen atoms in total. The van der Waals surface area contributed by atoms with E-state index in [1.165, 1.54) is 12.8 Å². The molecular formula is C11H22O5S. The van der Waals surface area contributed by atoms with Gasteiger partial charge in [-0.3, -0.25) is 4.79 Å². The highest BCUT2D eigenvalue weighted by Gasteiger charge is 2.10. The Morgan fingerprint density at radius 1 is 1.41 bits per heavy atom. The van der Waals surface area contributed by atoms with Gasteiger partial charge in [0.1, 0.15) is 0 Å². The zero-order chi connectivity index (χ0) is 12.9. The average molecular weight is 266 g/mol. The third-order valence-electron chi connectivity index (χ3n) is 2.49. The van der Waals surface area contributed by atoms with Crippen molar-refractivity contribution in [1.82, 2.24) is 0 Å². The Morgan fingerprint density at radius 2 is 2.18 bits per heavy atom. The minimum absolute atomic E-state index is 0.242. The van der Waals surface area contributed by atoms with Crippen LogP contribution in [-0.4, -0.2) is 23.6 Å². The minimum atomic E-state index is -0.242. The Labute approximate surface area is 107 Å². The molecule has 0 heterocycles. The molecule has 0 radical (unpaired) electrons. The van der Waals surface area contributed by atoms with Gasteiger partial charge in [-0.1, -0.05) is 38.1 Å². The van der Waals surface area contributed by atoms with Crippen molar-refractivity contribution in [2.24, 2.45) is 5.92 Å². The average Bonchev–Trinajstić information content (AvgIpc) is 2.35. The highest BCUT2D eigenvalue weighted by atomic mass is 32.2. The van der Waals surface area contributed by atoms with Gasteiger partial charge in [0.15, 0.2) is 0 Å². The lowest BCUT2D eigenvalue weighted by Crippen LogP contribution is -2.14. The normalized spacial score (nSPS) is 12.4. The second-order valence-corrected chi connectivity index (χ2v) is 4.59. The summed E-state index contributed by atoms with van der Waals surface area (Å²) in [6, 6.07) is 0. The number of hydrogen-bond donors (Lipinski definition) is 1. The summed E-state index contributed by atoms with van der Waals surface area (Å²) in [5, 5.41) is 11.3. The fourth-order valence-electron chi connectivity index (χ4n) is 1.36. The monoisotopic (exact) mass is 266 g/mol. The minimum Gasteiger partial charge on any atom is -0.465 e. The largest absolute Gasteiger partial charge is 0.465 e. The first-order valence-corrected chi connectivity index (χ1v) is 6.90. The summed E-state index contributed by atoms with van der Waals surface area (Å²) in [5.41, 5.74) is 0. The van der Waals surface area contributed by atoms with Gasteiger partial charge >= 0.3 is 5.97 Å². The lowest BCUT2D eigenvalue weighted by molar-refractivity contribution is -0.432. The van der Waals surface area contributed by atoms with Gasteiger partial charge in [0, 0.05) is 17.8 Å². The molecular weight excluding hydrogens is 244 g/mol. The quantitative estimate of drug-likeness (QED) is 0.204. The fraction of sp³-hybridized carbons (Fsp3) is 0.909. The molecule has 0 amide bonds. The number of carbonyl (C=O) groups excluding carboxylic acids is 1. The number of ether oxygens (including phenoxy) is 1. The van der Waals surface area contributed by atoms with Crippen LogP contribution in [0.2, 0.25) is 0 Å². The summed E-state index contributed by atoms with van der Waals surface area (Å²) in [4.78, 5) is 11.3. The Balaban J connectivity index is 3.52. The summed E-state index contributed by atoms with van der Waals surface area (Å²) in [6.45, 7) is 4.76. The van der Waals surface area contributed by atoms with E-state index >= 15 is 0 Å². The van der Waals surface area contributed by atoms with Gasteiger partial charge in [0.05, 0.1) is 13.0 Å². The molecule has 0 aliphatic rings. The fourth-order valence-corrected chi connectivity index (χ4v) is 1.72. The Bertz CT molecular complexity index is 189. The second-order valence-electron chi connectivity index (χ2n) is 3.81. The van der Waals surface area contributed by atoms with Gasteiger partial charge < -0.3 is 4.74 Å². The molecule has 0 saturated heterocycles. The van der Waals surface area contributed by atoms with Gasteiger partial charge in [-0.05, 0) is 12.3 Å². The van der Waals surface area contributed by atoms with Crippen molar-refractivity contribution >= 4 is 18.0 Å². The molecule has 0 aromatic rings. The second kappa shape index (κ2) is 12.2. The van der Waals surface area contributed by atoms with Crippen LogP contribution < -0.4 is 0 Å². The molecule has 1 atom stereocenters. The van der Waals surface area contributed by atoms with Crippen LogP contribution in [0.5, 0.6) is 0 Å². The lowest BCUT2D eigenvalue weighted by atomic mass is 10.0. The molecule has 0 bridgehead atoms. The van der Waals surface area contributed by atoms with Gasteiger partial charge in [0.25, 0.3) is 0 Å². The van der Waals surface area contributed by atoms with Gasteiger partial charge in [-0.2, -0.15) is 0 Å². The van der Waals surface area contributed by atoms with E-state index < -0.39 is 0 Å². The summed E-state index contributed by atoms with van der Waals surface area (Å²) < 4.78 is 9.31. The topological polar surface area (TPSA) is 65.0 Å². The van der Waals surface area contributed by atoms with Crippen LogP contribution in [0, 0.1) is 5.92 Å². The zero-order valence-electron chi connectivity index (χ0n) is 10.5. The molecule has 102 valence electrons. The SMILES string of the molecule is CCCCC(CC)COC(=O)CCSOOO. The van der Waals surface area contributed by atoms with Crippen LogP contribution >= 0.6 is 12.0 Å². The van der Waals surface area contributed by atoms with E-state index in [2.05, 4.69) is 23.2 Å². The van der Waals surface area contributed by atoms with Gasteiger partial charge in [-0.15, -0.1) is 4.33 Å². The molecule has 6 heteroatoms. The van der Waals surface area contributed by atoms with Gasteiger partial charge in [-0.25, -0.2) is 5.26 Å². The van der Waals surface area contributed by atoms with E-state index in [1.54, 1.807) is 0 Å². The molecule has 1 N–H and O–H groups in total. The highest BCUT2D eigenvalue weighted by Crippen LogP contribution is 2.13. The number of unbranched alkanes of at least 4 members (excludes halogenated alkanes) is 1. The number of hydrogen-bond acceptors (Lipinski definition) is 6. The highest BCUT2D eigenvalue weighted by molar-refractivity contribution is 7.94. The smallest absolute Gasteiger partial charge is 0.306 e. The summed E-state index contributed by atoms with van der Waals surface area (Å²) in [7, 11) is 0. The maximum absolute atomic E-state index is 11.3. The summed E-state index contributed by atoms with van der Waals surface area (Å²) >= 11 is 0.862. The first kappa shape index (κ1) is 16.7. The molecule has 0 aromatic heterocycles. The molecule has 17 heavy (non-hydrogen) atoms. The first-order chi connectivity index (χ1) is 8.24. The number of esters is 1. The summed E-state index contributed by atoms with van der Waals surface area (Å²) in [6.07, 6.45) is 4.73. The van der Waals surface area contributed by atoms with Crippen LogP contribution in [0.1, 0.15) is 46.0 Å². The maximum Gasteiger partial charge on any atom is 0.306 e. The van der Waals surface area contributed by atoms with E-state index in [0.717, 1.165) is 24.9 Å². The molecule has 0 aromatic carbocycles. The van der Waals surface area contributed by atoms with Crippen LogP contribution in [-0.2, 0) is 18.9 Å². The van der Waals surface area contributed by atoms with Crippen LogP contribution in [0.3, 0.4) is 0 Å². The Hall–Kier alpha value is -0.300. The van der Waals surface area contributed by atoms with Crippen LogP contribution in [0.15, 0.2) is 0 Å². The molecule has 0 rings (SSSR count). The van der Waals surface area contributed by atoms with E-state index in [9.17, 15) is 4.79 Å². The predicted molar refractivity (Wildman–Crippen MR) is 66.1 cm³/mol. The molecule has 0 aliphatic heterocycles. The van der Waals surface area contributed by atoms with Crippen molar-refractivity contribution < 1.29 is 24.2 Å². The van der Waals surface area contributed by atoms with Crippen molar-refractivity contribution in [3.05, 3.63) is 0 Å². The Morgan fingerprint density at radius 3 is 2.76 bits per heavy atom.